The minimum absolute atomic E-state index is 0.0932. The number of carbonyl (C=O) groups is 1. The standard InChI is InChI=1S/C30H27N3O4S2/c1-19-15-21(10-11-24(19)37-13-12-36-2)27-26(16-20-7-4-3-5-8-20)39-30(32-27)33-28-23(29(34)35)17-22(18-31-28)25-9-6-14-38-25/h3-11,14-15,17-18H,12-13,16H2,1-2H3,(H,34,35)(H,31,32,33). The summed E-state index contributed by atoms with van der Waals surface area (Å²) in [6.45, 7) is 3.00. The van der Waals surface area contributed by atoms with Gasteiger partial charge in [0.15, 0.2) is 5.13 Å². The van der Waals surface area contributed by atoms with Crippen molar-refractivity contribution in [1.82, 2.24) is 9.97 Å². The van der Waals surface area contributed by atoms with Gasteiger partial charge in [0.25, 0.3) is 0 Å². The maximum Gasteiger partial charge on any atom is 0.339 e. The number of nitrogens with one attached hydrogen (secondary N) is 1. The first-order valence-electron chi connectivity index (χ1n) is 12.3. The van der Waals surface area contributed by atoms with Crippen LogP contribution in [0.3, 0.4) is 0 Å². The number of aryl methyl sites for hydroxylation is 1. The molecule has 3 heterocycles. The molecule has 9 heteroatoms. The second-order valence-electron chi connectivity index (χ2n) is 8.80. The number of rotatable bonds is 11. The zero-order chi connectivity index (χ0) is 27.2. The molecule has 0 amide bonds. The highest BCUT2D eigenvalue weighted by Gasteiger charge is 2.19. The van der Waals surface area contributed by atoms with Gasteiger partial charge in [0, 0.05) is 40.6 Å². The third-order valence-corrected chi connectivity index (χ3v) is 7.94. The van der Waals surface area contributed by atoms with Crippen molar-refractivity contribution in [3.05, 3.63) is 99.9 Å². The Bertz CT molecular complexity index is 1570. The molecule has 198 valence electrons. The maximum absolute atomic E-state index is 12.1. The van der Waals surface area contributed by atoms with Crippen LogP contribution in [0.1, 0.15) is 26.4 Å². The number of pyridine rings is 1. The van der Waals surface area contributed by atoms with E-state index in [1.54, 1.807) is 19.4 Å². The Balaban J connectivity index is 1.49. The number of methoxy groups -OCH3 is 1. The Kier molecular flexibility index (Phi) is 8.31. The average molecular weight is 558 g/mol. The van der Waals surface area contributed by atoms with Crippen molar-refractivity contribution in [2.45, 2.75) is 13.3 Å². The lowest BCUT2D eigenvalue weighted by Gasteiger charge is -2.10. The highest BCUT2D eigenvalue weighted by Crippen LogP contribution is 2.37. The van der Waals surface area contributed by atoms with E-state index in [1.807, 2.05) is 54.8 Å². The molecule has 5 rings (SSSR count). The first kappa shape index (κ1) is 26.6. The van der Waals surface area contributed by atoms with Crippen molar-refractivity contribution in [3.8, 4) is 27.4 Å². The van der Waals surface area contributed by atoms with Gasteiger partial charge in [-0.05, 0) is 53.8 Å². The smallest absolute Gasteiger partial charge is 0.339 e. The molecular formula is C30H27N3O4S2. The zero-order valence-corrected chi connectivity index (χ0v) is 23.1. The summed E-state index contributed by atoms with van der Waals surface area (Å²) in [7, 11) is 1.65. The molecule has 0 aliphatic heterocycles. The predicted molar refractivity (Wildman–Crippen MR) is 157 cm³/mol. The number of ether oxygens (including phenoxy) is 2. The molecule has 0 aliphatic rings. The van der Waals surface area contributed by atoms with Gasteiger partial charge in [0.1, 0.15) is 23.7 Å². The SMILES string of the molecule is COCCOc1ccc(-c2nc(Nc3ncc(-c4cccs4)cc3C(=O)O)sc2Cc2ccccc2)cc1C. The van der Waals surface area contributed by atoms with Crippen LogP contribution in [0.5, 0.6) is 5.75 Å². The van der Waals surface area contributed by atoms with E-state index in [0.29, 0.717) is 24.8 Å². The average Bonchev–Trinajstić information content (AvgIpc) is 3.61. The van der Waals surface area contributed by atoms with E-state index in [2.05, 4.69) is 28.5 Å². The van der Waals surface area contributed by atoms with Gasteiger partial charge in [-0.25, -0.2) is 14.8 Å². The Morgan fingerprint density at radius 3 is 2.59 bits per heavy atom. The highest BCUT2D eigenvalue weighted by atomic mass is 32.1. The topological polar surface area (TPSA) is 93.6 Å². The molecule has 0 aliphatic carbocycles. The van der Waals surface area contributed by atoms with Crippen molar-refractivity contribution >= 4 is 39.6 Å². The van der Waals surface area contributed by atoms with Gasteiger partial charge in [0.2, 0.25) is 0 Å². The van der Waals surface area contributed by atoms with E-state index in [0.717, 1.165) is 43.5 Å². The fourth-order valence-corrected chi connectivity index (χ4v) is 5.86. The van der Waals surface area contributed by atoms with Gasteiger partial charge in [-0.1, -0.05) is 36.4 Å². The molecular weight excluding hydrogens is 530 g/mol. The summed E-state index contributed by atoms with van der Waals surface area (Å²) >= 11 is 3.03. The normalized spacial score (nSPS) is 10.9. The molecule has 7 nitrogen and oxygen atoms in total. The van der Waals surface area contributed by atoms with Gasteiger partial charge < -0.3 is 19.9 Å². The van der Waals surface area contributed by atoms with Crippen LogP contribution in [0, 0.1) is 6.92 Å². The summed E-state index contributed by atoms with van der Waals surface area (Å²) in [4.78, 5) is 23.5. The number of carboxylic acid groups (broad SMARTS) is 1. The zero-order valence-electron chi connectivity index (χ0n) is 21.5. The van der Waals surface area contributed by atoms with E-state index in [9.17, 15) is 9.90 Å². The molecule has 0 fully saturated rings. The molecule has 0 saturated heterocycles. The van der Waals surface area contributed by atoms with Crippen molar-refractivity contribution in [3.63, 3.8) is 0 Å². The second kappa shape index (κ2) is 12.2. The van der Waals surface area contributed by atoms with E-state index >= 15 is 0 Å². The van der Waals surface area contributed by atoms with Crippen molar-refractivity contribution < 1.29 is 19.4 Å². The highest BCUT2D eigenvalue weighted by molar-refractivity contribution is 7.16. The molecule has 3 aromatic heterocycles. The minimum atomic E-state index is -1.05. The Morgan fingerprint density at radius 2 is 1.87 bits per heavy atom. The summed E-state index contributed by atoms with van der Waals surface area (Å²) in [5.74, 6) is 0.00642. The number of aromatic carboxylic acids is 1. The van der Waals surface area contributed by atoms with Gasteiger partial charge in [-0.3, -0.25) is 0 Å². The van der Waals surface area contributed by atoms with Crippen LogP contribution in [0.25, 0.3) is 21.7 Å². The third-order valence-electron chi connectivity index (χ3n) is 6.05. The molecule has 0 unspecified atom stereocenters. The van der Waals surface area contributed by atoms with E-state index in [1.165, 1.54) is 22.7 Å². The van der Waals surface area contributed by atoms with Gasteiger partial charge >= 0.3 is 5.97 Å². The van der Waals surface area contributed by atoms with Gasteiger partial charge in [-0.2, -0.15) is 0 Å². The molecule has 2 N–H and O–H groups in total. The lowest BCUT2D eigenvalue weighted by Crippen LogP contribution is -2.05. The quantitative estimate of drug-likeness (QED) is 0.165. The lowest BCUT2D eigenvalue weighted by atomic mass is 10.0. The van der Waals surface area contributed by atoms with E-state index in [-0.39, 0.29) is 11.4 Å². The molecule has 2 aromatic carbocycles. The van der Waals surface area contributed by atoms with Crippen LogP contribution in [-0.2, 0) is 11.2 Å². The Labute approximate surface area is 234 Å². The van der Waals surface area contributed by atoms with Gasteiger partial charge in [-0.15, -0.1) is 22.7 Å². The molecule has 0 spiro atoms. The van der Waals surface area contributed by atoms with E-state index < -0.39 is 5.97 Å². The monoisotopic (exact) mass is 557 g/mol. The molecule has 0 radical (unpaired) electrons. The molecule has 0 saturated carbocycles. The third kappa shape index (κ3) is 6.34. The van der Waals surface area contributed by atoms with Crippen molar-refractivity contribution in [2.24, 2.45) is 0 Å². The fraction of sp³-hybridized carbons (Fsp3) is 0.167. The summed E-state index contributed by atoms with van der Waals surface area (Å²) < 4.78 is 10.9. The van der Waals surface area contributed by atoms with Gasteiger partial charge in [0.05, 0.1) is 12.3 Å². The first-order valence-corrected chi connectivity index (χ1v) is 14.0. The van der Waals surface area contributed by atoms with Crippen LogP contribution >= 0.6 is 22.7 Å². The number of hydrogen-bond acceptors (Lipinski definition) is 8. The molecule has 39 heavy (non-hydrogen) atoms. The van der Waals surface area contributed by atoms with Crippen LogP contribution in [0.4, 0.5) is 10.9 Å². The molecule has 5 aromatic rings. The largest absolute Gasteiger partial charge is 0.491 e. The fourth-order valence-electron chi connectivity index (χ4n) is 4.13. The number of carboxylic acids is 1. The summed E-state index contributed by atoms with van der Waals surface area (Å²) in [6.07, 6.45) is 2.38. The van der Waals surface area contributed by atoms with Crippen LogP contribution in [0.15, 0.2) is 78.3 Å². The second-order valence-corrected chi connectivity index (χ2v) is 10.8. The van der Waals surface area contributed by atoms with Crippen molar-refractivity contribution in [2.75, 3.05) is 25.6 Å². The number of thiazole rings is 1. The van der Waals surface area contributed by atoms with Crippen LogP contribution in [0.2, 0.25) is 0 Å². The number of benzene rings is 2. The number of hydrogen-bond donors (Lipinski definition) is 2. The number of aromatic nitrogens is 2. The van der Waals surface area contributed by atoms with Crippen LogP contribution in [-0.4, -0.2) is 41.4 Å². The lowest BCUT2D eigenvalue weighted by molar-refractivity contribution is 0.0697. The maximum atomic E-state index is 12.1. The van der Waals surface area contributed by atoms with E-state index in [4.69, 9.17) is 14.5 Å². The summed E-state index contributed by atoms with van der Waals surface area (Å²) in [5.41, 5.74) is 4.81. The Morgan fingerprint density at radius 1 is 1.03 bits per heavy atom. The summed E-state index contributed by atoms with van der Waals surface area (Å²) in [5, 5.41) is 15.6. The Hall–Kier alpha value is -4.05. The molecule has 0 atom stereocenters. The minimum Gasteiger partial charge on any atom is -0.491 e. The van der Waals surface area contributed by atoms with Crippen molar-refractivity contribution in [1.29, 1.82) is 0 Å². The number of anilines is 2. The summed E-state index contributed by atoms with van der Waals surface area (Å²) in [6, 6.07) is 21.7. The number of thiophene rings is 1. The van der Waals surface area contributed by atoms with Crippen LogP contribution < -0.4 is 10.1 Å². The predicted octanol–water partition coefficient (Wildman–Crippen LogP) is 7.30. The molecule has 0 bridgehead atoms. The number of nitrogens with zero attached hydrogens (tertiary/aromatic N) is 2. The first-order chi connectivity index (χ1) is 19.0.